The SMILES string of the molecule is c1ccc(-c2nc(-c3cc(-c4nc(-c5ccccc5)c5ccccc5n4)nc(-n4c5cccc6ccc7cccc4c7c65)n3)nc3ccccc23)cc1. The maximum Gasteiger partial charge on any atom is 0.236 e. The number of para-hydroxylation sites is 2. The summed E-state index contributed by atoms with van der Waals surface area (Å²) >= 11 is 0. The van der Waals surface area contributed by atoms with Crippen LogP contribution in [0.5, 0.6) is 0 Å². The molecule has 4 aromatic heterocycles. The minimum atomic E-state index is 0.490. The normalized spacial score (nSPS) is 11.8. The maximum atomic E-state index is 5.29. The molecule has 0 aliphatic heterocycles. The van der Waals surface area contributed by atoms with Gasteiger partial charge in [-0.3, -0.25) is 4.57 Å². The van der Waals surface area contributed by atoms with Gasteiger partial charge in [0, 0.05) is 32.7 Å². The fourth-order valence-corrected chi connectivity index (χ4v) is 7.61. The zero-order chi connectivity index (χ0) is 34.9. The van der Waals surface area contributed by atoms with Gasteiger partial charge in [0.1, 0.15) is 11.4 Å². The van der Waals surface area contributed by atoms with E-state index < -0.39 is 0 Å². The maximum absolute atomic E-state index is 5.29. The van der Waals surface area contributed by atoms with Crippen LogP contribution in [0.4, 0.5) is 0 Å². The number of benzene rings is 7. The molecule has 53 heavy (non-hydrogen) atoms. The van der Waals surface area contributed by atoms with Crippen molar-refractivity contribution in [2.24, 2.45) is 0 Å². The van der Waals surface area contributed by atoms with Gasteiger partial charge in [0.05, 0.1) is 33.5 Å². The van der Waals surface area contributed by atoms with Crippen LogP contribution in [0.1, 0.15) is 0 Å². The van der Waals surface area contributed by atoms with Gasteiger partial charge >= 0.3 is 0 Å². The molecule has 0 N–H and O–H groups in total. The van der Waals surface area contributed by atoms with Crippen LogP contribution in [0.3, 0.4) is 0 Å². The van der Waals surface area contributed by atoms with Crippen LogP contribution < -0.4 is 0 Å². The van der Waals surface area contributed by atoms with Crippen LogP contribution >= 0.6 is 0 Å². The topological polar surface area (TPSA) is 82.3 Å². The first-order valence-electron chi connectivity index (χ1n) is 17.6. The van der Waals surface area contributed by atoms with Gasteiger partial charge in [0.15, 0.2) is 11.6 Å². The monoisotopic (exact) mass is 677 g/mol. The Hall–Kier alpha value is -7.38. The first-order valence-corrected chi connectivity index (χ1v) is 17.6. The first-order chi connectivity index (χ1) is 26.3. The van der Waals surface area contributed by atoms with Gasteiger partial charge in [0.25, 0.3) is 0 Å². The highest BCUT2D eigenvalue weighted by molar-refractivity contribution is 6.24. The molecular weight excluding hydrogens is 651 g/mol. The Balaban J connectivity index is 1.23. The van der Waals surface area contributed by atoms with Crippen molar-refractivity contribution in [2.45, 2.75) is 0 Å². The van der Waals surface area contributed by atoms with E-state index in [0.717, 1.165) is 66.1 Å². The number of rotatable bonds is 5. The second kappa shape index (κ2) is 11.6. The molecule has 4 heterocycles. The molecule has 0 atom stereocenters. The fourth-order valence-electron chi connectivity index (χ4n) is 7.61. The first kappa shape index (κ1) is 29.4. The van der Waals surface area contributed by atoms with E-state index in [9.17, 15) is 0 Å². The van der Waals surface area contributed by atoms with Crippen LogP contribution in [0.2, 0.25) is 0 Å². The third-order valence-electron chi connectivity index (χ3n) is 10.00. The van der Waals surface area contributed by atoms with Gasteiger partial charge in [-0.15, -0.1) is 0 Å². The molecular formula is C46H27N7. The van der Waals surface area contributed by atoms with E-state index in [1.165, 1.54) is 10.8 Å². The summed E-state index contributed by atoms with van der Waals surface area (Å²) < 4.78 is 2.15. The highest BCUT2D eigenvalue weighted by Crippen LogP contribution is 2.39. The molecule has 7 heteroatoms. The van der Waals surface area contributed by atoms with Gasteiger partial charge in [-0.2, -0.15) is 0 Å². The highest BCUT2D eigenvalue weighted by Gasteiger charge is 2.22. The molecule has 0 aliphatic rings. The van der Waals surface area contributed by atoms with E-state index >= 15 is 0 Å². The summed E-state index contributed by atoms with van der Waals surface area (Å²) in [4.78, 5) is 31.2. The van der Waals surface area contributed by atoms with Gasteiger partial charge in [-0.05, 0) is 41.1 Å². The molecule has 0 bridgehead atoms. The second-order valence-corrected chi connectivity index (χ2v) is 13.1. The standard InChI is InChI=1S/C46H27N7/c1-3-13-30(14-4-1)42-32-19-7-9-21-34(32)47-44(51-42)36-27-37(45-48-35-22-10-8-20-33(35)43(52-45)31-15-5-2-6-16-31)50-46(49-36)53-38-23-11-17-28-25-26-29-18-12-24-39(53)41(29)40(28)38/h1-27H. The Morgan fingerprint density at radius 1 is 0.358 bits per heavy atom. The van der Waals surface area contributed by atoms with Crippen molar-refractivity contribution in [1.82, 2.24) is 34.5 Å². The lowest BCUT2D eigenvalue weighted by Gasteiger charge is -2.13. The van der Waals surface area contributed by atoms with Crippen molar-refractivity contribution in [2.75, 3.05) is 0 Å². The molecule has 0 radical (unpaired) electrons. The van der Waals surface area contributed by atoms with Crippen LogP contribution in [-0.2, 0) is 0 Å². The fraction of sp³-hybridized carbons (Fsp3) is 0. The van der Waals surface area contributed by atoms with Crippen molar-refractivity contribution < 1.29 is 0 Å². The molecule has 246 valence electrons. The number of nitrogens with zero attached hydrogens (tertiary/aromatic N) is 7. The Morgan fingerprint density at radius 2 is 0.811 bits per heavy atom. The Labute approximate surface area is 303 Å². The van der Waals surface area contributed by atoms with Crippen molar-refractivity contribution in [3.05, 3.63) is 164 Å². The predicted octanol–water partition coefficient (Wildman–Crippen LogP) is 10.7. The van der Waals surface area contributed by atoms with E-state index in [2.05, 4.69) is 89.5 Å². The summed E-state index contributed by atoms with van der Waals surface area (Å²) in [5.74, 6) is 1.47. The zero-order valence-corrected chi connectivity index (χ0v) is 28.2. The van der Waals surface area contributed by atoms with E-state index in [4.69, 9.17) is 29.9 Å². The number of aromatic nitrogens is 7. The largest absolute Gasteiger partial charge is 0.278 e. The summed E-state index contributed by atoms with van der Waals surface area (Å²) in [6.45, 7) is 0. The number of hydrogen-bond donors (Lipinski definition) is 0. The average molecular weight is 678 g/mol. The Bertz CT molecular complexity index is 2960. The van der Waals surface area contributed by atoms with Gasteiger partial charge in [0.2, 0.25) is 5.95 Å². The third-order valence-corrected chi connectivity index (χ3v) is 10.00. The van der Waals surface area contributed by atoms with Crippen molar-refractivity contribution in [3.63, 3.8) is 0 Å². The lowest BCUT2D eigenvalue weighted by atomic mass is 10.0. The van der Waals surface area contributed by atoms with E-state index in [1.54, 1.807) is 0 Å². The summed E-state index contributed by atoms with van der Waals surface area (Å²) in [7, 11) is 0. The van der Waals surface area contributed by atoms with E-state index in [1.807, 2.05) is 78.9 Å². The predicted molar refractivity (Wildman–Crippen MR) is 213 cm³/mol. The minimum absolute atomic E-state index is 0.490. The van der Waals surface area contributed by atoms with Crippen LogP contribution in [0.25, 0.3) is 106 Å². The molecule has 0 fully saturated rings. The molecule has 0 spiro atoms. The molecule has 0 saturated heterocycles. The number of hydrogen-bond acceptors (Lipinski definition) is 6. The average Bonchev–Trinajstić information content (AvgIpc) is 3.58. The number of fused-ring (bicyclic) bond motifs is 2. The zero-order valence-electron chi connectivity index (χ0n) is 28.2. The summed E-state index contributed by atoms with van der Waals surface area (Å²) in [5.41, 5.74) is 8.51. The van der Waals surface area contributed by atoms with Crippen molar-refractivity contribution in [1.29, 1.82) is 0 Å². The van der Waals surface area contributed by atoms with Gasteiger partial charge < -0.3 is 0 Å². The molecule has 0 unspecified atom stereocenters. The lowest BCUT2D eigenvalue weighted by molar-refractivity contribution is 0.980. The van der Waals surface area contributed by atoms with Crippen LogP contribution in [-0.4, -0.2) is 34.5 Å². The third kappa shape index (κ3) is 4.68. The summed E-state index contributed by atoms with van der Waals surface area (Å²) in [6.07, 6.45) is 0. The smallest absolute Gasteiger partial charge is 0.236 e. The van der Waals surface area contributed by atoms with Crippen molar-refractivity contribution in [3.8, 4) is 51.5 Å². The summed E-state index contributed by atoms with van der Waals surface area (Å²) in [6, 6.07) is 55.7. The van der Waals surface area contributed by atoms with Gasteiger partial charge in [-0.25, -0.2) is 29.9 Å². The quantitative estimate of drug-likeness (QED) is 0.169. The molecule has 11 rings (SSSR count). The molecule has 11 aromatic rings. The minimum Gasteiger partial charge on any atom is -0.278 e. The van der Waals surface area contributed by atoms with Crippen LogP contribution in [0, 0.1) is 0 Å². The summed E-state index contributed by atoms with van der Waals surface area (Å²) in [5, 5.41) is 6.62. The molecule has 7 aromatic carbocycles. The Kier molecular flexibility index (Phi) is 6.42. The van der Waals surface area contributed by atoms with Crippen molar-refractivity contribution >= 4 is 54.4 Å². The van der Waals surface area contributed by atoms with E-state index in [-0.39, 0.29) is 0 Å². The highest BCUT2D eigenvalue weighted by atomic mass is 15.2. The molecule has 0 aliphatic carbocycles. The van der Waals surface area contributed by atoms with Gasteiger partial charge in [-0.1, -0.05) is 133 Å². The molecule has 0 amide bonds. The second-order valence-electron chi connectivity index (χ2n) is 13.1. The van der Waals surface area contributed by atoms with Crippen LogP contribution in [0.15, 0.2) is 164 Å². The molecule has 7 nitrogen and oxygen atoms in total. The lowest BCUT2D eigenvalue weighted by Crippen LogP contribution is -2.07. The molecule has 0 saturated carbocycles. The van der Waals surface area contributed by atoms with E-state index in [0.29, 0.717) is 29.0 Å². The Morgan fingerprint density at radius 3 is 1.30 bits per heavy atom.